The molecule has 36 heavy (non-hydrogen) atoms. The van der Waals surface area contributed by atoms with E-state index in [-0.39, 0.29) is 5.56 Å². The molecule has 3 aromatic carbocycles. The van der Waals surface area contributed by atoms with Gasteiger partial charge in [-0.05, 0) is 55.3 Å². The van der Waals surface area contributed by atoms with Crippen LogP contribution in [0.25, 0.3) is 32.3 Å². The molecule has 0 bridgehead atoms. The molecule has 3 aromatic heterocycles. The zero-order valence-electron chi connectivity index (χ0n) is 19.5. The second-order valence-corrected chi connectivity index (χ2v) is 10.9. The second kappa shape index (κ2) is 9.20. The van der Waals surface area contributed by atoms with E-state index < -0.39 is 0 Å². The van der Waals surface area contributed by atoms with E-state index in [1.54, 1.807) is 10.5 Å². The van der Waals surface area contributed by atoms with E-state index in [2.05, 4.69) is 46.8 Å². The molecule has 0 aliphatic rings. The van der Waals surface area contributed by atoms with Crippen molar-refractivity contribution in [3.8, 4) is 17.1 Å². The number of aryl methyl sites for hydroxylation is 2. The van der Waals surface area contributed by atoms with E-state index >= 15 is 0 Å². The largest absolute Gasteiger partial charge is 0.270 e. The zero-order valence-corrected chi connectivity index (χ0v) is 21.9. The number of halogens is 1. The van der Waals surface area contributed by atoms with Crippen LogP contribution in [0.3, 0.4) is 0 Å². The monoisotopic (exact) mass is 529 g/mol. The van der Waals surface area contributed by atoms with Crippen molar-refractivity contribution in [2.75, 3.05) is 0 Å². The molecule has 6 nitrogen and oxygen atoms in total. The number of hydrogen-bond acceptors (Lipinski definition) is 6. The Morgan fingerprint density at radius 3 is 2.69 bits per heavy atom. The summed E-state index contributed by atoms with van der Waals surface area (Å²) in [6, 6.07) is 23.4. The maximum Gasteiger partial charge on any atom is 0.259 e. The van der Waals surface area contributed by atoms with Crippen LogP contribution in [0.2, 0.25) is 5.02 Å². The van der Waals surface area contributed by atoms with Crippen LogP contribution in [-0.2, 0) is 5.75 Å². The van der Waals surface area contributed by atoms with Crippen molar-refractivity contribution >= 4 is 49.9 Å². The molecule has 0 saturated carbocycles. The van der Waals surface area contributed by atoms with Gasteiger partial charge < -0.3 is 0 Å². The number of para-hydroxylation sites is 1. The number of aromatic nitrogens is 5. The molecule has 6 rings (SSSR count). The summed E-state index contributed by atoms with van der Waals surface area (Å²) in [5.41, 5.74) is 5.64. The van der Waals surface area contributed by atoms with Gasteiger partial charge in [-0.15, -0.1) is 10.2 Å². The number of thiazole rings is 1. The molecule has 0 saturated heterocycles. The van der Waals surface area contributed by atoms with E-state index in [1.165, 1.54) is 23.1 Å². The van der Waals surface area contributed by atoms with Crippen molar-refractivity contribution in [3.05, 3.63) is 105 Å². The summed E-state index contributed by atoms with van der Waals surface area (Å²) in [6.45, 7) is 4.14. The molecule has 0 atom stereocenters. The number of fused-ring (bicyclic) bond motifs is 3. The highest BCUT2D eigenvalue weighted by molar-refractivity contribution is 7.98. The third kappa shape index (κ3) is 4.11. The van der Waals surface area contributed by atoms with E-state index in [1.807, 2.05) is 48.5 Å². The van der Waals surface area contributed by atoms with Crippen molar-refractivity contribution in [1.29, 1.82) is 0 Å². The van der Waals surface area contributed by atoms with E-state index in [0.29, 0.717) is 27.3 Å². The van der Waals surface area contributed by atoms with Gasteiger partial charge in [-0.3, -0.25) is 13.8 Å². The first-order chi connectivity index (χ1) is 17.5. The van der Waals surface area contributed by atoms with E-state index in [4.69, 9.17) is 16.6 Å². The molecular formula is C27H20ClN5OS2. The zero-order chi connectivity index (χ0) is 24.8. The third-order valence-electron chi connectivity index (χ3n) is 5.92. The Bertz CT molecular complexity index is 1820. The SMILES string of the molecule is Cc1ccc(C)c(-n2c(SCc3cc(=O)n4c(n3)sc3ccccc34)nnc2-c2cccc(Cl)c2)c1. The molecule has 178 valence electrons. The first-order valence-electron chi connectivity index (χ1n) is 11.3. The molecule has 0 amide bonds. The second-order valence-electron chi connectivity index (χ2n) is 8.50. The molecule has 0 spiro atoms. The van der Waals surface area contributed by atoms with Crippen molar-refractivity contribution < 1.29 is 0 Å². The van der Waals surface area contributed by atoms with Crippen molar-refractivity contribution in [1.82, 2.24) is 24.1 Å². The molecule has 0 N–H and O–H groups in total. The topological polar surface area (TPSA) is 65.1 Å². The van der Waals surface area contributed by atoms with Crippen LogP contribution in [0, 0.1) is 13.8 Å². The van der Waals surface area contributed by atoms with Crippen LogP contribution in [0.4, 0.5) is 0 Å². The van der Waals surface area contributed by atoms with Gasteiger partial charge in [-0.25, -0.2) is 4.98 Å². The summed E-state index contributed by atoms with van der Waals surface area (Å²) < 4.78 is 4.76. The molecule has 0 aliphatic carbocycles. The fourth-order valence-corrected chi connectivity index (χ4v) is 6.27. The summed E-state index contributed by atoms with van der Waals surface area (Å²) in [4.78, 5) is 18.4. The van der Waals surface area contributed by atoms with Gasteiger partial charge in [-0.1, -0.05) is 71.1 Å². The Balaban J connectivity index is 1.42. The minimum absolute atomic E-state index is 0.0799. The van der Waals surface area contributed by atoms with Crippen molar-refractivity contribution in [2.45, 2.75) is 24.8 Å². The molecule has 0 fully saturated rings. The molecule has 0 unspecified atom stereocenters. The number of hydrogen-bond donors (Lipinski definition) is 0. The molecule has 0 radical (unpaired) electrons. The average molecular weight is 530 g/mol. The summed E-state index contributed by atoms with van der Waals surface area (Å²) >= 11 is 9.31. The Morgan fingerprint density at radius 2 is 1.83 bits per heavy atom. The predicted molar refractivity (Wildman–Crippen MR) is 148 cm³/mol. The minimum Gasteiger partial charge on any atom is -0.270 e. The number of benzene rings is 3. The lowest BCUT2D eigenvalue weighted by Crippen LogP contribution is -2.13. The summed E-state index contributed by atoms with van der Waals surface area (Å²) in [6.07, 6.45) is 0. The lowest BCUT2D eigenvalue weighted by atomic mass is 10.1. The van der Waals surface area contributed by atoms with Gasteiger partial charge in [-0.2, -0.15) is 0 Å². The Hall–Kier alpha value is -3.46. The fourth-order valence-electron chi connectivity index (χ4n) is 4.19. The lowest BCUT2D eigenvalue weighted by molar-refractivity contribution is 0.878. The number of thioether (sulfide) groups is 1. The average Bonchev–Trinajstić information content (AvgIpc) is 3.46. The fraction of sp³-hybridized carbons (Fsp3) is 0.111. The maximum atomic E-state index is 13.0. The van der Waals surface area contributed by atoms with Gasteiger partial charge in [0.05, 0.1) is 21.6 Å². The summed E-state index contributed by atoms with van der Waals surface area (Å²) in [5, 5.41) is 10.4. The van der Waals surface area contributed by atoms with Crippen LogP contribution in [-0.4, -0.2) is 24.1 Å². The molecule has 6 aromatic rings. The van der Waals surface area contributed by atoms with Gasteiger partial charge in [0, 0.05) is 22.4 Å². The van der Waals surface area contributed by atoms with Gasteiger partial charge in [0.2, 0.25) is 0 Å². The van der Waals surface area contributed by atoms with Crippen LogP contribution in [0.5, 0.6) is 0 Å². The van der Waals surface area contributed by atoms with Crippen molar-refractivity contribution in [2.24, 2.45) is 0 Å². The van der Waals surface area contributed by atoms with Crippen LogP contribution in [0.1, 0.15) is 16.8 Å². The quantitative estimate of drug-likeness (QED) is 0.232. The van der Waals surface area contributed by atoms with Crippen molar-refractivity contribution in [3.63, 3.8) is 0 Å². The third-order valence-corrected chi connectivity index (χ3v) is 8.14. The van der Waals surface area contributed by atoms with Crippen LogP contribution in [0.15, 0.2) is 82.7 Å². The van der Waals surface area contributed by atoms with Gasteiger partial charge >= 0.3 is 0 Å². The highest BCUT2D eigenvalue weighted by Gasteiger charge is 2.19. The van der Waals surface area contributed by atoms with E-state index in [9.17, 15) is 4.79 Å². The summed E-state index contributed by atoms with van der Waals surface area (Å²) in [5.74, 6) is 1.19. The van der Waals surface area contributed by atoms with Crippen LogP contribution < -0.4 is 5.56 Å². The first-order valence-corrected chi connectivity index (χ1v) is 13.5. The van der Waals surface area contributed by atoms with Gasteiger partial charge in [0.1, 0.15) is 0 Å². The van der Waals surface area contributed by atoms with Gasteiger partial charge in [0.25, 0.3) is 5.56 Å². The van der Waals surface area contributed by atoms with E-state index in [0.717, 1.165) is 37.8 Å². The molecule has 3 heterocycles. The van der Waals surface area contributed by atoms with Crippen LogP contribution >= 0.6 is 34.7 Å². The smallest absolute Gasteiger partial charge is 0.259 e. The first kappa shape index (κ1) is 23.0. The Kier molecular flexibility index (Phi) is 5.87. The number of nitrogens with zero attached hydrogens (tertiary/aromatic N) is 5. The predicted octanol–water partition coefficient (Wildman–Crippen LogP) is 6.72. The molecule has 0 aliphatic heterocycles. The number of rotatable bonds is 5. The summed E-state index contributed by atoms with van der Waals surface area (Å²) in [7, 11) is 0. The minimum atomic E-state index is -0.0799. The van der Waals surface area contributed by atoms with Gasteiger partial charge in [0.15, 0.2) is 15.9 Å². The Morgan fingerprint density at radius 1 is 0.972 bits per heavy atom. The lowest BCUT2D eigenvalue weighted by Gasteiger charge is -2.14. The maximum absolute atomic E-state index is 13.0. The highest BCUT2D eigenvalue weighted by Crippen LogP contribution is 2.32. The highest BCUT2D eigenvalue weighted by atomic mass is 35.5. The molecule has 9 heteroatoms. The molecular weight excluding hydrogens is 510 g/mol. The Labute approximate surface area is 220 Å². The normalized spacial score (nSPS) is 11.5. The standard InChI is InChI=1S/C27H20ClN5OS2/c1-16-10-11-17(2)22(12-16)33-25(18-6-5-7-19(28)13-18)30-31-27(33)35-15-20-14-24(34)32-21-8-3-4-9-23(21)36-26(32)29-20/h3-14H,15H2,1-2H3.